The molecule has 0 unspecified atom stereocenters. The first-order chi connectivity index (χ1) is 14.3. The minimum absolute atomic E-state index is 0.0564. The number of hydrogen-bond donors (Lipinski definition) is 0. The van der Waals surface area contributed by atoms with E-state index in [2.05, 4.69) is 0 Å². The molecule has 1 aliphatic rings. The van der Waals surface area contributed by atoms with Gasteiger partial charge in [-0.3, -0.25) is 14.5 Å². The lowest BCUT2D eigenvalue weighted by molar-refractivity contribution is -0.123. The number of carbonyl (C=O) groups is 2. The van der Waals surface area contributed by atoms with Gasteiger partial charge in [0, 0.05) is 10.0 Å². The summed E-state index contributed by atoms with van der Waals surface area (Å²) < 4.78 is 11.3. The standard InChI is InChI=1S/C22H21Cl2NO4S/c1-4-13(2)29-18-8-5-14(9-19(18)28-3)10-20-21(26)25(22(27)30-20)12-15-6-7-16(23)11-17(15)24/h5-11,13H,4,12H2,1-3H3/b20-10-/t13-/m1/s1. The third-order valence-electron chi connectivity index (χ3n) is 4.61. The highest BCUT2D eigenvalue weighted by molar-refractivity contribution is 8.18. The number of thioether (sulfide) groups is 1. The van der Waals surface area contributed by atoms with E-state index in [1.54, 1.807) is 43.5 Å². The van der Waals surface area contributed by atoms with Gasteiger partial charge in [0.15, 0.2) is 11.5 Å². The van der Waals surface area contributed by atoms with Crippen molar-refractivity contribution < 1.29 is 19.1 Å². The smallest absolute Gasteiger partial charge is 0.293 e. The number of amides is 2. The van der Waals surface area contributed by atoms with Crippen LogP contribution in [0, 0.1) is 0 Å². The molecule has 0 N–H and O–H groups in total. The fourth-order valence-electron chi connectivity index (χ4n) is 2.78. The molecule has 0 spiro atoms. The van der Waals surface area contributed by atoms with E-state index in [-0.39, 0.29) is 23.8 Å². The Balaban J connectivity index is 1.81. The van der Waals surface area contributed by atoms with Gasteiger partial charge in [0.25, 0.3) is 11.1 Å². The van der Waals surface area contributed by atoms with E-state index in [0.29, 0.717) is 32.0 Å². The van der Waals surface area contributed by atoms with Crippen molar-refractivity contribution in [2.45, 2.75) is 32.9 Å². The van der Waals surface area contributed by atoms with Gasteiger partial charge < -0.3 is 9.47 Å². The maximum absolute atomic E-state index is 12.8. The van der Waals surface area contributed by atoms with Crippen LogP contribution in [0.5, 0.6) is 11.5 Å². The van der Waals surface area contributed by atoms with Crippen molar-refractivity contribution in [2.24, 2.45) is 0 Å². The van der Waals surface area contributed by atoms with Crippen LogP contribution < -0.4 is 9.47 Å². The zero-order chi connectivity index (χ0) is 21.8. The zero-order valence-corrected chi connectivity index (χ0v) is 19.1. The fourth-order valence-corrected chi connectivity index (χ4v) is 4.09. The Labute approximate surface area is 189 Å². The highest BCUT2D eigenvalue weighted by Gasteiger charge is 2.35. The summed E-state index contributed by atoms with van der Waals surface area (Å²) in [5, 5.41) is 0.556. The number of carbonyl (C=O) groups excluding carboxylic acids is 2. The summed E-state index contributed by atoms with van der Waals surface area (Å²) >= 11 is 13.0. The Morgan fingerprint density at radius 2 is 1.90 bits per heavy atom. The molecule has 1 saturated heterocycles. The normalized spacial score (nSPS) is 16.3. The number of halogens is 2. The van der Waals surface area contributed by atoms with Gasteiger partial charge in [0.05, 0.1) is 24.7 Å². The Morgan fingerprint density at radius 1 is 1.13 bits per heavy atom. The quantitative estimate of drug-likeness (QED) is 0.441. The van der Waals surface area contributed by atoms with Gasteiger partial charge in [-0.2, -0.15) is 0 Å². The van der Waals surface area contributed by atoms with Crippen LogP contribution in [0.1, 0.15) is 31.4 Å². The molecular weight excluding hydrogens is 445 g/mol. The first-order valence-corrected chi connectivity index (χ1v) is 10.9. The monoisotopic (exact) mass is 465 g/mol. The summed E-state index contributed by atoms with van der Waals surface area (Å²) in [6.07, 6.45) is 2.60. The zero-order valence-electron chi connectivity index (χ0n) is 16.8. The number of methoxy groups -OCH3 is 1. The van der Waals surface area contributed by atoms with E-state index >= 15 is 0 Å². The summed E-state index contributed by atoms with van der Waals surface area (Å²) in [6.45, 7) is 4.11. The van der Waals surface area contributed by atoms with Gasteiger partial charge in [-0.05, 0) is 66.6 Å². The average Bonchev–Trinajstić information content (AvgIpc) is 2.98. The van der Waals surface area contributed by atoms with Gasteiger partial charge in [-0.15, -0.1) is 0 Å². The van der Waals surface area contributed by atoms with Crippen molar-refractivity contribution in [2.75, 3.05) is 7.11 Å². The van der Waals surface area contributed by atoms with Crippen LogP contribution in [0.2, 0.25) is 10.0 Å². The highest BCUT2D eigenvalue weighted by atomic mass is 35.5. The molecule has 2 aromatic carbocycles. The molecule has 2 aromatic rings. The lowest BCUT2D eigenvalue weighted by atomic mass is 10.1. The predicted octanol–water partition coefficient (Wildman–Crippen LogP) is 6.42. The fraction of sp³-hybridized carbons (Fsp3) is 0.273. The number of benzene rings is 2. The lowest BCUT2D eigenvalue weighted by Crippen LogP contribution is -2.27. The number of hydrogen-bond acceptors (Lipinski definition) is 5. The lowest BCUT2D eigenvalue weighted by Gasteiger charge is -2.16. The van der Waals surface area contributed by atoms with Gasteiger partial charge in [0.1, 0.15) is 0 Å². The highest BCUT2D eigenvalue weighted by Crippen LogP contribution is 2.36. The maximum Gasteiger partial charge on any atom is 0.293 e. The minimum Gasteiger partial charge on any atom is -0.493 e. The van der Waals surface area contributed by atoms with Gasteiger partial charge in [0.2, 0.25) is 0 Å². The first-order valence-electron chi connectivity index (χ1n) is 9.36. The Hall–Kier alpha value is -2.15. The summed E-state index contributed by atoms with van der Waals surface area (Å²) in [4.78, 5) is 26.7. The van der Waals surface area contributed by atoms with Crippen molar-refractivity contribution in [3.05, 3.63) is 62.5 Å². The maximum atomic E-state index is 12.8. The molecule has 1 heterocycles. The third-order valence-corrected chi connectivity index (χ3v) is 6.10. The average molecular weight is 466 g/mol. The summed E-state index contributed by atoms with van der Waals surface area (Å²) in [6, 6.07) is 10.4. The second kappa shape index (κ2) is 9.77. The molecule has 5 nitrogen and oxygen atoms in total. The van der Waals surface area contributed by atoms with Crippen LogP contribution in [0.25, 0.3) is 6.08 Å². The second-order valence-corrected chi connectivity index (χ2v) is 8.59. The Kier molecular flexibility index (Phi) is 7.34. The third kappa shape index (κ3) is 5.12. The van der Waals surface area contributed by atoms with Gasteiger partial charge >= 0.3 is 0 Å². The summed E-state index contributed by atoms with van der Waals surface area (Å²) in [5.74, 6) is 0.834. The van der Waals surface area contributed by atoms with Crippen molar-refractivity contribution in [1.29, 1.82) is 0 Å². The number of ether oxygens (including phenoxy) is 2. The van der Waals surface area contributed by atoms with Crippen LogP contribution in [-0.4, -0.2) is 29.3 Å². The number of nitrogens with zero attached hydrogens (tertiary/aromatic N) is 1. The van der Waals surface area contributed by atoms with Crippen molar-refractivity contribution in [3.8, 4) is 11.5 Å². The number of rotatable bonds is 7. The van der Waals surface area contributed by atoms with E-state index in [1.807, 2.05) is 19.9 Å². The first kappa shape index (κ1) is 22.5. The second-order valence-electron chi connectivity index (χ2n) is 6.75. The molecule has 1 atom stereocenters. The van der Waals surface area contributed by atoms with Crippen LogP contribution in [-0.2, 0) is 11.3 Å². The molecule has 8 heteroatoms. The van der Waals surface area contributed by atoms with Crippen molar-refractivity contribution in [3.63, 3.8) is 0 Å². The molecule has 1 fully saturated rings. The summed E-state index contributed by atoms with van der Waals surface area (Å²) in [7, 11) is 1.56. The van der Waals surface area contributed by atoms with Crippen LogP contribution in [0.3, 0.4) is 0 Å². The molecule has 158 valence electrons. The van der Waals surface area contributed by atoms with E-state index in [4.69, 9.17) is 32.7 Å². The molecule has 0 aromatic heterocycles. The molecule has 3 rings (SSSR count). The van der Waals surface area contributed by atoms with Gasteiger partial charge in [-0.25, -0.2) is 0 Å². The van der Waals surface area contributed by atoms with Crippen LogP contribution in [0.15, 0.2) is 41.3 Å². The largest absolute Gasteiger partial charge is 0.493 e. The van der Waals surface area contributed by atoms with Crippen molar-refractivity contribution in [1.82, 2.24) is 4.90 Å². The molecule has 2 amide bonds. The molecule has 0 aliphatic carbocycles. The van der Waals surface area contributed by atoms with E-state index < -0.39 is 0 Å². The Morgan fingerprint density at radius 3 is 2.57 bits per heavy atom. The molecule has 0 bridgehead atoms. The minimum atomic E-state index is -0.366. The molecular formula is C22H21Cl2NO4S. The topological polar surface area (TPSA) is 55.8 Å². The van der Waals surface area contributed by atoms with Crippen LogP contribution >= 0.6 is 35.0 Å². The molecule has 0 radical (unpaired) electrons. The SMILES string of the molecule is CC[C@@H](C)Oc1ccc(/C=C2\SC(=O)N(Cc3ccc(Cl)cc3Cl)C2=O)cc1OC. The predicted molar refractivity (Wildman–Crippen MR) is 121 cm³/mol. The molecule has 0 saturated carbocycles. The molecule has 30 heavy (non-hydrogen) atoms. The molecule has 1 aliphatic heterocycles. The van der Waals surface area contributed by atoms with E-state index in [9.17, 15) is 9.59 Å². The summed E-state index contributed by atoms with van der Waals surface area (Å²) in [5.41, 5.74) is 1.39. The van der Waals surface area contributed by atoms with Gasteiger partial charge in [-0.1, -0.05) is 42.3 Å². The van der Waals surface area contributed by atoms with E-state index in [0.717, 1.165) is 23.7 Å². The number of imide groups is 1. The van der Waals surface area contributed by atoms with Crippen molar-refractivity contribution >= 4 is 52.2 Å². The van der Waals surface area contributed by atoms with E-state index in [1.165, 1.54) is 4.90 Å². The van der Waals surface area contributed by atoms with Crippen LogP contribution in [0.4, 0.5) is 4.79 Å². The Bertz CT molecular complexity index is 1010.